The number of nitrogens with one attached hydrogen (secondary N) is 1. The predicted octanol–water partition coefficient (Wildman–Crippen LogP) is 3.22. The first-order valence-corrected chi connectivity index (χ1v) is 7.61. The summed E-state index contributed by atoms with van der Waals surface area (Å²) >= 11 is 0. The van der Waals surface area contributed by atoms with Crippen molar-refractivity contribution in [2.75, 3.05) is 6.54 Å². The molecule has 2 atom stereocenters. The standard InChI is InChI=1S/C16H23FN2O/c1-11-5-7-16(8-6-11)10-19-12(2)15(20-16)14-4-3-13(17)9-18-14/h3-4,9,11-12,15,19H,5-8,10H2,1-2H3. The van der Waals surface area contributed by atoms with Crippen molar-refractivity contribution < 1.29 is 9.13 Å². The molecule has 110 valence electrons. The molecule has 1 spiro atoms. The monoisotopic (exact) mass is 278 g/mol. The van der Waals surface area contributed by atoms with E-state index < -0.39 is 0 Å². The summed E-state index contributed by atoms with van der Waals surface area (Å²) in [4.78, 5) is 4.21. The molecule has 1 aliphatic heterocycles. The summed E-state index contributed by atoms with van der Waals surface area (Å²) in [5.74, 6) is 0.498. The number of halogens is 1. The average molecular weight is 278 g/mol. The molecule has 0 radical (unpaired) electrons. The number of ether oxygens (including phenoxy) is 1. The molecule has 4 heteroatoms. The maximum Gasteiger partial charge on any atom is 0.141 e. The number of aromatic nitrogens is 1. The summed E-state index contributed by atoms with van der Waals surface area (Å²) < 4.78 is 19.5. The molecule has 20 heavy (non-hydrogen) atoms. The Hall–Kier alpha value is -1.00. The normalized spacial score (nSPS) is 38.0. The van der Waals surface area contributed by atoms with Crippen LogP contribution in [0.2, 0.25) is 0 Å². The third-order valence-corrected chi connectivity index (χ3v) is 4.80. The first kappa shape index (κ1) is 14.0. The number of nitrogens with zero attached hydrogens (tertiary/aromatic N) is 1. The van der Waals surface area contributed by atoms with Crippen LogP contribution >= 0.6 is 0 Å². The summed E-state index contributed by atoms with van der Waals surface area (Å²) in [5, 5.41) is 3.56. The highest BCUT2D eigenvalue weighted by molar-refractivity contribution is 5.12. The van der Waals surface area contributed by atoms with Crippen LogP contribution in [0.15, 0.2) is 18.3 Å². The van der Waals surface area contributed by atoms with E-state index in [9.17, 15) is 4.39 Å². The molecule has 0 amide bonds. The summed E-state index contributed by atoms with van der Waals surface area (Å²) in [7, 11) is 0. The molecule has 3 nitrogen and oxygen atoms in total. The van der Waals surface area contributed by atoms with Gasteiger partial charge in [-0.3, -0.25) is 4.98 Å². The van der Waals surface area contributed by atoms with Gasteiger partial charge in [0.15, 0.2) is 0 Å². The van der Waals surface area contributed by atoms with Crippen LogP contribution in [-0.4, -0.2) is 23.2 Å². The van der Waals surface area contributed by atoms with Gasteiger partial charge in [-0.25, -0.2) is 4.39 Å². The van der Waals surface area contributed by atoms with Crippen LogP contribution in [-0.2, 0) is 4.74 Å². The lowest BCUT2D eigenvalue weighted by atomic mass is 9.78. The molecule has 1 aliphatic carbocycles. The van der Waals surface area contributed by atoms with Crippen LogP contribution in [0.1, 0.15) is 51.3 Å². The van der Waals surface area contributed by atoms with Gasteiger partial charge in [0, 0.05) is 12.6 Å². The van der Waals surface area contributed by atoms with E-state index in [1.165, 1.54) is 25.1 Å². The van der Waals surface area contributed by atoms with E-state index in [0.29, 0.717) is 0 Å². The zero-order valence-electron chi connectivity index (χ0n) is 12.2. The number of pyridine rings is 1. The largest absolute Gasteiger partial charge is 0.363 e. The molecular weight excluding hydrogens is 255 g/mol. The van der Waals surface area contributed by atoms with Gasteiger partial charge in [0.05, 0.1) is 17.5 Å². The fourth-order valence-corrected chi connectivity index (χ4v) is 3.32. The number of hydrogen-bond donors (Lipinski definition) is 1. The molecule has 0 aromatic carbocycles. The molecule has 2 fully saturated rings. The van der Waals surface area contributed by atoms with E-state index in [-0.39, 0.29) is 23.6 Å². The Morgan fingerprint density at radius 3 is 2.70 bits per heavy atom. The molecule has 3 rings (SSSR count). The molecule has 0 bridgehead atoms. The van der Waals surface area contributed by atoms with Gasteiger partial charge < -0.3 is 10.1 Å². The third-order valence-electron chi connectivity index (χ3n) is 4.80. The molecule has 1 N–H and O–H groups in total. The van der Waals surface area contributed by atoms with Crippen molar-refractivity contribution in [3.8, 4) is 0 Å². The molecule has 1 saturated heterocycles. The van der Waals surface area contributed by atoms with E-state index >= 15 is 0 Å². The Morgan fingerprint density at radius 1 is 1.30 bits per heavy atom. The van der Waals surface area contributed by atoms with Gasteiger partial charge in [-0.1, -0.05) is 6.92 Å². The first-order valence-electron chi connectivity index (χ1n) is 7.61. The predicted molar refractivity (Wildman–Crippen MR) is 75.8 cm³/mol. The van der Waals surface area contributed by atoms with Crippen molar-refractivity contribution >= 4 is 0 Å². The van der Waals surface area contributed by atoms with Crippen LogP contribution in [0, 0.1) is 11.7 Å². The van der Waals surface area contributed by atoms with Gasteiger partial charge in [0.25, 0.3) is 0 Å². The van der Waals surface area contributed by atoms with E-state index in [4.69, 9.17) is 4.74 Å². The Labute approximate surface area is 119 Å². The number of rotatable bonds is 1. The van der Waals surface area contributed by atoms with Crippen LogP contribution in [0.5, 0.6) is 0 Å². The van der Waals surface area contributed by atoms with Crippen molar-refractivity contribution in [1.82, 2.24) is 10.3 Å². The van der Waals surface area contributed by atoms with Gasteiger partial charge in [-0.15, -0.1) is 0 Å². The lowest BCUT2D eigenvalue weighted by Crippen LogP contribution is -2.56. The SMILES string of the molecule is CC1CCC2(CC1)CNC(C)C(c1ccc(F)cn1)O2. The minimum absolute atomic E-state index is 0.0558. The van der Waals surface area contributed by atoms with Gasteiger partial charge in [0.2, 0.25) is 0 Å². The summed E-state index contributed by atoms with van der Waals surface area (Å²) in [6.07, 6.45) is 5.84. The molecule has 2 aliphatic rings. The molecule has 1 saturated carbocycles. The molecule has 1 aromatic heterocycles. The Kier molecular flexibility index (Phi) is 3.78. The molecule has 2 unspecified atom stereocenters. The Balaban J connectivity index is 1.78. The first-order chi connectivity index (χ1) is 9.58. The fraction of sp³-hybridized carbons (Fsp3) is 0.688. The fourth-order valence-electron chi connectivity index (χ4n) is 3.32. The van der Waals surface area contributed by atoms with Crippen molar-refractivity contribution in [2.24, 2.45) is 5.92 Å². The third kappa shape index (κ3) is 2.72. The quantitative estimate of drug-likeness (QED) is 0.856. The van der Waals surface area contributed by atoms with E-state index in [1.54, 1.807) is 6.07 Å². The Bertz CT molecular complexity index is 449. The maximum atomic E-state index is 13.0. The van der Waals surface area contributed by atoms with Crippen LogP contribution in [0.3, 0.4) is 0 Å². The van der Waals surface area contributed by atoms with Crippen LogP contribution in [0.4, 0.5) is 4.39 Å². The summed E-state index contributed by atoms with van der Waals surface area (Å²) in [5.41, 5.74) is 0.767. The molecule has 2 heterocycles. The highest BCUT2D eigenvalue weighted by Crippen LogP contribution is 2.40. The molecular formula is C16H23FN2O. The van der Waals surface area contributed by atoms with E-state index in [0.717, 1.165) is 31.0 Å². The van der Waals surface area contributed by atoms with Gasteiger partial charge in [-0.05, 0) is 50.7 Å². The second-order valence-corrected chi connectivity index (χ2v) is 6.47. The van der Waals surface area contributed by atoms with Gasteiger partial charge >= 0.3 is 0 Å². The van der Waals surface area contributed by atoms with Crippen molar-refractivity contribution in [2.45, 2.75) is 57.3 Å². The zero-order chi connectivity index (χ0) is 14.2. The highest BCUT2D eigenvalue weighted by atomic mass is 19.1. The lowest BCUT2D eigenvalue weighted by molar-refractivity contribution is -0.156. The minimum atomic E-state index is -0.300. The molecule has 1 aromatic rings. The lowest BCUT2D eigenvalue weighted by Gasteiger charge is -2.47. The zero-order valence-corrected chi connectivity index (χ0v) is 12.2. The van der Waals surface area contributed by atoms with Gasteiger partial charge in [0.1, 0.15) is 11.9 Å². The van der Waals surface area contributed by atoms with E-state index in [1.807, 2.05) is 0 Å². The smallest absolute Gasteiger partial charge is 0.141 e. The Morgan fingerprint density at radius 2 is 2.05 bits per heavy atom. The maximum absolute atomic E-state index is 13.0. The minimum Gasteiger partial charge on any atom is -0.363 e. The average Bonchev–Trinajstić information content (AvgIpc) is 2.46. The highest BCUT2D eigenvalue weighted by Gasteiger charge is 2.42. The summed E-state index contributed by atoms with van der Waals surface area (Å²) in [6, 6.07) is 3.41. The van der Waals surface area contributed by atoms with Crippen molar-refractivity contribution in [3.63, 3.8) is 0 Å². The van der Waals surface area contributed by atoms with Crippen molar-refractivity contribution in [3.05, 3.63) is 29.8 Å². The van der Waals surface area contributed by atoms with Crippen LogP contribution < -0.4 is 5.32 Å². The second-order valence-electron chi connectivity index (χ2n) is 6.47. The van der Waals surface area contributed by atoms with E-state index in [2.05, 4.69) is 24.1 Å². The number of morpholine rings is 1. The van der Waals surface area contributed by atoms with Crippen molar-refractivity contribution in [1.29, 1.82) is 0 Å². The topological polar surface area (TPSA) is 34.2 Å². The van der Waals surface area contributed by atoms with Gasteiger partial charge in [-0.2, -0.15) is 0 Å². The summed E-state index contributed by atoms with van der Waals surface area (Å²) in [6.45, 7) is 5.33. The second kappa shape index (κ2) is 5.41. The number of hydrogen-bond acceptors (Lipinski definition) is 3. The van der Waals surface area contributed by atoms with Crippen LogP contribution in [0.25, 0.3) is 0 Å².